The minimum absolute atomic E-state index is 0.0907. The van der Waals surface area contributed by atoms with Gasteiger partial charge in [0.25, 0.3) is 0 Å². The second-order valence-electron chi connectivity index (χ2n) is 5.21. The maximum Gasteiger partial charge on any atom is 0.0838 e. The SMILES string of the molecule is COCCc1ccc(C(Cl)c2ccc(C)cc2C)cc1. The van der Waals surface area contributed by atoms with Crippen molar-refractivity contribution in [2.45, 2.75) is 25.6 Å². The van der Waals surface area contributed by atoms with Gasteiger partial charge >= 0.3 is 0 Å². The lowest BCUT2D eigenvalue weighted by Gasteiger charge is -2.14. The zero-order valence-corrected chi connectivity index (χ0v) is 13.1. The van der Waals surface area contributed by atoms with Crippen LogP contribution in [-0.2, 0) is 11.2 Å². The lowest BCUT2D eigenvalue weighted by molar-refractivity contribution is 0.202. The molecular weight excluding hydrogens is 268 g/mol. The molecule has 20 heavy (non-hydrogen) atoms. The molecule has 0 spiro atoms. The van der Waals surface area contributed by atoms with E-state index in [2.05, 4.69) is 56.3 Å². The van der Waals surface area contributed by atoms with E-state index in [0.717, 1.165) is 18.6 Å². The van der Waals surface area contributed by atoms with Crippen molar-refractivity contribution in [3.63, 3.8) is 0 Å². The van der Waals surface area contributed by atoms with Crippen molar-refractivity contribution in [2.24, 2.45) is 0 Å². The lowest BCUT2D eigenvalue weighted by atomic mass is 9.97. The number of alkyl halides is 1. The summed E-state index contributed by atoms with van der Waals surface area (Å²) >= 11 is 6.62. The predicted octanol–water partition coefficient (Wildman–Crippen LogP) is 4.82. The number of aryl methyl sites for hydroxylation is 2. The Bertz CT molecular complexity index is 560. The Kier molecular flexibility index (Phi) is 5.22. The average Bonchev–Trinajstić information content (AvgIpc) is 2.45. The molecule has 0 saturated heterocycles. The zero-order chi connectivity index (χ0) is 14.5. The molecule has 0 saturated carbocycles. The fourth-order valence-corrected chi connectivity index (χ4v) is 2.75. The summed E-state index contributed by atoms with van der Waals surface area (Å²) in [5, 5.41) is -0.0907. The van der Waals surface area contributed by atoms with E-state index in [1.165, 1.54) is 22.3 Å². The number of halogens is 1. The maximum absolute atomic E-state index is 6.62. The standard InChI is InChI=1S/C18H21ClO/c1-13-4-9-17(14(2)12-13)18(19)16-7-5-15(6-8-16)10-11-20-3/h4-9,12,18H,10-11H2,1-3H3. The highest BCUT2D eigenvalue weighted by atomic mass is 35.5. The molecule has 0 bridgehead atoms. The summed E-state index contributed by atoms with van der Waals surface area (Å²) in [6.45, 7) is 4.97. The van der Waals surface area contributed by atoms with E-state index in [4.69, 9.17) is 16.3 Å². The Morgan fingerprint density at radius 3 is 2.35 bits per heavy atom. The van der Waals surface area contributed by atoms with Gasteiger partial charge < -0.3 is 4.74 Å². The molecule has 0 fully saturated rings. The average molecular weight is 289 g/mol. The molecule has 0 aliphatic carbocycles. The Morgan fingerprint density at radius 2 is 1.75 bits per heavy atom. The van der Waals surface area contributed by atoms with Crippen molar-refractivity contribution in [1.29, 1.82) is 0 Å². The summed E-state index contributed by atoms with van der Waals surface area (Å²) in [4.78, 5) is 0. The molecule has 106 valence electrons. The number of benzene rings is 2. The van der Waals surface area contributed by atoms with Gasteiger partial charge in [-0.1, -0.05) is 48.0 Å². The number of rotatable bonds is 5. The molecule has 2 aromatic rings. The van der Waals surface area contributed by atoms with E-state index in [1.807, 2.05) is 0 Å². The second kappa shape index (κ2) is 6.92. The Balaban J connectivity index is 2.18. The van der Waals surface area contributed by atoms with E-state index < -0.39 is 0 Å². The van der Waals surface area contributed by atoms with E-state index in [9.17, 15) is 0 Å². The van der Waals surface area contributed by atoms with Gasteiger partial charge in [-0.05, 0) is 42.5 Å². The van der Waals surface area contributed by atoms with Crippen molar-refractivity contribution in [3.8, 4) is 0 Å². The molecule has 0 aliphatic rings. The third kappa shape index (κ3) is 3.62. The molecule has 0 heterocycles. The van der Waals surface area contributed by atoms with Gasteiger partial charge in [-0.25, -0.2) is 0 Å². The summed E-state index contributed by atoms with van der Waals surface area (Å²) < 4.78 is 5.09. The first-order chi connectivity index (χ1) is 9.61. The first kappa shape index (κ1) is 15.1. The minimum Gasteiger partial charge on any atom is -0.384 e. The third-order valence-electron chi connectivity index (χ3n) is 3.57. The fraction of sp³-hybridized carbons (Fsp3) is 0.333. The Hall–Kier alpha value is -1.31. The van der Waals surface area contributed by atoms with Crippen LogP contribution in [0.5, 0.6) is 0 Å². The van der Waals surface area contributed by atoms with Gasteiger partial charge in [0.05, 0.1) is 12.0 Å². The fourth-order valence-electron chi connectivity index (χ4n) is 2.36. The Morgan fingerprint density at radius 1 is 1.05 bits per heavy atom. The predicted molar refractivity (Wildman–Crippen MR) is 85.6 cm³/mol. The van der Waals surface area contributed by atoms with Crippen LogP contribution in [0, 0.1) is 13.8 Å². The summed E-state index contributed by atoms with van der Waals surface area (Å²) in [7, 11) is 1.73. The largest absolute Gasteiger partial charge is 0.384 e. The first-order valence-electron chi connectivity index (χ1n) is 6.91. The van der Waals surface area contributed by atoms with Crippen molar-refractivity contribution >= 4 is 11.6 Å². The molecule has 0 aliphatic heterocycles. The number of hydrogen-bond donors (Lipinski definition) is 0. The van der Waals surface area contributed by atoms with Crippen LogP contribution in [-0.4, -0.2) is 13.7 Å². The van der Waals surface area contributed by atoms with Crippen LogP contribution in [0.2, 0.25) is 0 Å². The van der Waals surface area contributed by atoms with E-state index >= 15 is 0 Å². The monoisotopic (exact) mass is 288 g/mol. The molecule has 2 aromatic carbocycles. The number of ether oxygens (including phenoxy) is 1. The molecule has 0 N–H and O–H groups in total. The van der Waals surface area contributed by atoms with Crippen molar-refractivity contribution in [3.05, 3.63) is 70.3 Å². The van der Waals surface area contributed by atoms with Gasteiger partial charge in [0.2, 0.25) is 0 Å². The molecule has 2 heteroatoms. The zero-order valence-electron chi connectivity index (χ0n) is 12.3. The van der Waals surface area contributed by atoms with Crippen molar-refractivity contribution < 1.29 is 4.74 Å². The highest BCUT2D eigenvalue weighted by molar-refractivity contribution is 6.22. The molecule has 0 radical (unpaired) electrons. The van der Waals surface area contributed by atoms with E-state index in [0.29, 0.717) is 0 Å². The van der Waals surface area contributed by atoms with Crippen LogP contribution in [0.3, 0.4) is 0 Å². The molecule has 0 amide bonds. The third-order valence-corrected chi connectivity index (χ3v) is 4.05. The summed E-state index contributed by atoms with van der Waals surface area (Å²) in [5.74, 6) is 0. The van der Waals surface area contributed by atoms with E-state index in [1.54, 1.807) is 7.11 Å². The topological polar surface area (TPSA) is 9.23 Å². The molecular formula is C18H21ClO. The molecule has 1 nitrogen and oxygen atoms in total. The maximum atomic E-state index is 6.62. The van der Waals surface area contributed by atoms with Gasteiger partial charge in [-0.15, -0.1) is 11.6 Å². The van der Waals surface area contributed by atoms with Gasteiger partial charge in [0.1, 0.15) is 0 Å². The quantitative estimate of drug-likeness (QED) is 0.717. The van der Waals surface area contributed by atoms with Crippen molar-refractivity contribution in [1.82, 2.24) is 0 Å². The molecule has 1 unspecified atom stereocenters. The molecule has 2 rings (SSSR count). The van der Waals surface area contributed by atoms with Crippen LogP contribution in [0.1, 0.15) is 33.2 Å². The van der Waals surface area contributed by atoms with Crippen LogP contribution >= 0.6 is 11.6 Å². The smallest absolute Gasteiger partial charge is 0.0838 e. The van der Waals surface area contributed by atoms with Gasteiger partial charge in [-0.3, -0.25) is 0 Å². The van der Waals surface area contributed by atoms with Crippen molar-refractivity contribution in [2.75, 3.05) is 13.7 Å². The normalized spacial score (nSPS) is 12.4. The highest BCUT2D eigenvalue weighted by Crippen LogP contribution is 2.31. The Labute approximate surface area is 126 Å². The lowest BCUT2D eigenvalue weighted by Crippen LogP contribution is -1.98. The van der Waals surface area contributed by atoms with Crippen LogP contribution < -0.4 is 0 Å². The van der Waals surface area contributed by atoms with Crippen LogP contribution in [0.15, 0.2) is 42.5 Å². The summed E-state index contributed by atoms with van der Waals surface area (Å²) in [6.07, 6.45) is 0.938. The van der Waals surface area contributed by atoms with Gasteiger partial charge in [0.15, 0.2) is 0 Å². The summed E-state index contributed by atoms with van der Waals surface area (Å²) in [5.41, 5.74) is 6.11. The first-order valence-corrected chi connectivity index (χ1v) is 7.34. The number of hydrogen-bond acceptors (Lipinski definition) is 1. The number of methoxy groups -OCH3 is 1. The van der Waals surface area contributed by atoms with E-state index in [-0.39, 0.29) is 5.38 Å². The van der Waals surface area contributed by atoms with Gasteiger partial charge in [0, 0.05) is 7.11 Å². The minimum atomic E-state index is -0.0907. The second-order valence-corrected chi connectivity index (χ2v) is 5.64. The molecule has 1 atom stereocenters. The summed E-state index contributed by atoms with van der Waals surface area (Å²) in [6, 6.07) is 14.9. The van der Waals surface area contributed by atoms with Crippen LogP contribution in [0.25, 0.3) is 0 Å². The highest BCUT2D eigenvalue weighted by Gasteiger charge is 2.13. The van der Waals surface area contributed by atoms with Crippen LogP contribution in [0.4, 0.5) is 0 Å². The molecule has 0 aromatic heterocycles. The van der Waals surface area contributed by atoms with Gasteiger partial charge in [-0.2, -0.15) is 0 Å².